The van der Waals surface area contributed by atoms with Gasteiger partial charge in [-0.15, -0.1) is 10.2 Å². The number of pyridine rings is 1. The van der Waals surface area contributed by atoms with E-state index in [1.54, 1.807) is 54.7 Å². The number of hydrogen-bond acceptors (Lipinski definition) is 8. The first-order valence-electron chi connectivity index (χ1n) is 9.64. The first kappa shape index (κ1) is 22.0. The maximum atomic E-state index is 11.9. The Hall–Kier alpha value is -4.22. The number of benzene rings is 3. The Morgan fingerprint density at radius 1 is 0.909 bits per heavy atom. The molecule has 0 radical (unpaired) electrons. The molecule has 4 rings (SSSR count). The molecule has 0 aliphatic heterocycles. The standard InChI is InChI=1S/C22H18N6O4S/c23-28-27-22-19-7-2-1-6-18(19)21(33(29,30)31)13-20(22)26-25-15-8-10-17(11-9-15)32-14-16-5-3-4-12-24-16/h1-13H,14H2,(H2,23,27)(H,29,30,31)/b26-25+. The van der Waals surface area contributed by atoms with Gasteiger partial charge in [-0.25, -0.2) is 0 Å². The lowest BCUT2D eigenvalue weighted by molar-refractivity contribution is 0.301. The SMILES string of the molecule is NN=Nc1c(/N=N/c2ccc(OCc3ccccn3)cc2)cc(S(=O)(=O)O)c2ccccc12. The van der Waals surface area contributed by atoms with Gasteiger partial charge in [0.1, 0.15) is 28.6 Å². The molecule has 11 heteroatoms. The van der Waals surface area contributed by atoms with Crippen LogP contribution in [0, 0.1) is 0 Å². The van der Waals surface area contributed by atoms with Crippen molar-refractivity contribution < 1.29 is 17.7 Å². The molecule has 0 unspecified atom stereocenters. The van der Waals surface area contributed by atoms with Crippen LogP contribution in [0.1, 0.15) is 5.69 Å². The summed E-state index contributed by atoms with van der Waals surface area (Å²) in [4.78, 5) is 3.88. The van der Waals surface area contributed by atoms with Crippen molar-refractivity contribution in [2.24, 2.45) is 26.4 Å². The van der Waals surface area contributed by atoms with Gasteiger partial charge in [-0.1, -0.05) is 35.6 Å². The quantitative estimate of drug-likeness (QED) is 0.162. The van der Waals surface area contributed by atoms with E-state index in [1.165, 1.54) is 6.07 Å². The molecule has 0 saturated carbocycles. The summed E-state index contributed by atoms with van der Waals surface area (Å²) < 4.78 is 39.2. The summed E-state index contributed by atoms with van der Waals surface area (Å²) in [5.74, 6) is 5.86. The molecule has 0 saturated heterocycles. The van der Waals surface area contributed by atoms with Crippen molar-refractivity contribution in [2.45, 2.75) is 11.5 Å². The second kappa shape index (κ2) is 9.51. The zero-order chi connectivity index (χ0) is 23.3. The van der Waals surface area contributed by atoms with Crippen molar-refractivity contribution in [2.75, 3.05) is 0 Å². The number of rotatable bonds is 7. The van der Waals surface area contributed by atoms with E-state index in [0.29, 0.717) is 23.4 Å². The summed E-state index contributed by atoms with van der Waals surface area (Å²) >= 11 is 0. The Kier molecular flexibility index (Phi) is 6.33. The van der Waals surface area contributed by atoms with Crippen molar-refractivity contribution in [3.63, 3.8) is 0 Å². The van der Waals surface area contributed by atoms with Gasteiger partial charge < -0.3 is 10.6 Å². The summed E-state index contributed by atoms with van der Waals surface area (Å²) in [6.45, 7) is 0.324. The fraction of sp³-hybridized carbons (Fsp3) is 0.0455. The minimum absolute atomic E-state index is 0.0750. The van der Waals surface area contributed by atoms with E-state index < -0.39 is 10.1 Å². The molecule has 166 valence electrons. The van der Waals surface area contributed by atoms with Gasteiger partial charge in [0.15, 0.2) is 0 Å². The summed E-state index contributed by atoms with van der Waals surface area (Å²) in [5, 5.41) is 16.1. The van der Waals surface area contributed by atoms with Crippen molar-refractivity contribution in [1.82, 2.24) is 4.98 Å². The van der Waals surface area contributed by atoms with Crippen LogP contribution in [0.2, 0.25) is 0 Å². The Balaban J connectivity index is 1.64. The zero-order valence-corrected chi connectivity index (χ0v) is 17.9. The van der Waals surface area contributed by atoms with Gasteiger partial charge in [-0.2, -0.15) is 13.5 Å². The van der Waals surface area contributed by atoms with E-state index in [0.717, 1.165) is 5.69 Å². The van der Waals surface area contributed by atoms with Gasteiger partial charge in [0, 0.05) is 17.0 Å². The highest BCUT2D eigenvalue weighted by atomic mass is 32.2. The maximum Gasteiger partial charge on any atom is 0.295 e. The molecule has 0 amide bonds. The first-order valence-corrected chi connectivity index (χ1v) is 11.1. The minimum atomic E-state index is -4.53. The molecule has 3 N–H and O–H groups in total. The van der Waals surface area contributed by atoms with E-state index in [2.05, 4.69) is 25.5 Å². The van der Waals surface area contributed by atoms with Crippen LogP contribution in [0.5, 0.6) is 5.75 Å². The average Bonchev–Trinajstić information content (AvgIpc) is 2.83. The molecule has 10 nitrogen and oxygen atoms in total. The molecule has 0 spiro atoms. The molecule has 0 aliphatic rings. The summed E-state index contributed by atoms with van der Waals surface area (Å²) in [6, 6.07) is 20.1. The molecule has 4 aromatic rings. The van der Waals surface area contributed by atoms with Crippen molar-refractivity contribution in [1.29, 1.82) is 0 Å². The van der Waals surface area contributed by atoms with Crippen LogP contribution in [-0.4, -0.2) is 18.0 Å². The Morgan fingerprint density at radius 3 is 2.30 bits per heavy atom. The lowest BCUT2D eigenvalue weighted by atomic mass is 10.1. The molecule has 0 fully saturated rings. The highest BCUT2D eigenvalue weighted by molar-refractivity contribution is 7.86. The van der Waals surface area contributed by atoms with E-state index in [9.17, 15) is 13.0 Å². The van der Waals surface area contributed by atoms with Crippen molar-refractivity contribution in [3.05, 3.63) is 84.7 Å². The second-order valence-corrected chi connectivity index (χ2v) is 8.17. The largest absolute Gasteiger partial charge is 0.487 e. The summed E-state index contributed by atoms with van der Waals surface area (Å²) in [6.07, 6.45) is 1.70. The van der Waals surface area contributed by atoms with Crippen LogP contribution in [-0.2, 0) is 16.7 Å². The molecule has 0 bridgehead atoms. The molecular formula is C22H18N6O4S. The van der Waals surface area contributed by atoms with E-state index in [4.69, 9.17) is 10.6 Å². The summed E-state index contributed by atoms with van der Waals surface area (Å²) in [7, 11) is -4.53. The van der Waals surface area contributed by atoms with Gasteiger partial charge in [-0.05, 0) is 42.5 Å². The Bertz CT molecular complexity index is 1440. The molecule has 33 heavy (non-hydrogen) atoms. The molecule has 0 aliphatic carbocycles. The lowest BCUT2D eigenvalue weighted by Gasteiger charge is -2.09. The smallest absolute Gasteiger partial charge is 0.295 e. The summed E-state index contributed by atoms with van der Waals surface area (Å²) in [5.41, 5.74) is 1.58. The van der Waals surface area contributed by atoms with Gasteiger partial charge in [0.25, 0.3) is 10.1 Å². The molecular weight excluding hydrogens is 444 g/mol. The number of fused-ring (bicyclic) bond motifs is 1. The fourth-order valence-corrected chi connectivity index (χ4v) is 3.84. The number of nitrogens with zero attached hydrogens (tertiary/aromatic N) is 5. The number of aromatic nitrogens is 1. The van der Waals surface area contributed by atoms with E-state index in [-0.39, 0.29) is 21.7 Å². The van der Waals surface area contributed by atoms with Crippen molar-refractivity contribution in [3.8, 4) is 5.75 Å². The Labute approximate surface area is 189 Å². The third-order valence-electron chi connectivity index (χ3n) is 4.62. The Morgan fingerprint density at radius 2 is 1.64 bits per heavy atom. The normalized spacial score (nSPS) is 12.0. The lowest BCUT2D eigenvalue weighted by Crippen LogP contribution is -1.99. The number of azo groups is 1. The predicted molar refractivity (Wildman–Crippen MR) is 122 cm³/mol. The van der Waals surface area contributed by atoms with Gasteiger partial charge in [0.05, 0.1) is 11.4 Å². The zero-order valence-electron chi connectivity index (χ0n) is 17.1. The van der Waals surface area contributed by atoms with Crippen LogP contribution in [0.4, 0.5) is 17.1 Å². The number of nitrogens with two attached hydrogens (primary N) is 1. The van der Waals surface area contributed by atoms with E-state index in [1.807, 2.05) is 18.2 Å². The predicted octanol–water partition coefficient (Wildman–Crippen LogP) is 5.43. The maximum absolute atomic E-state index is 11.9. The van der Waals surface area contributed by atoms with Gasteiger partial charge in [-0.3, -0.25) is 9.54 Å². The first-order chi connectivity index (χ1) is 16.0. The minimum Gasteiger partial charge on any atom is -0.487 e. The fourth-order valence-electron chi connectivity index (χ4n) is 3.13. The molecule has 3 aromatic carbocycles. The van der Waals surface area contributed by atoms with Crippen LogP contribution < -0.4 is 10.6 Å². The average molecular weight is 462 g/mol. The monoisotopic (exact) mass is 462 g/mol. The van der Waals surface area contributed by atoms with Crippen LogP contribution in [0.25, 0.3) is 10.8 Å². The molecule has 1 aromatic heterocycles. The van der Waals surface area contributed by atoms with Crippen LogP contribution in [0.3, 0.4) is 0 Å². The third kappa shape index (κ3) is 5.17. The molecule has 0 atom stereocenters. The van der Waals surface area contributed by atoms with Crippen LogP contribution >= 0.6 is 0 Å². The number of hydrogen-bond donors (Lipinski definition) is 2. The highest BCUT2D eigenvalue weighted by Crippen LogP contribution is 2.40. The number of ether oxygens (including phenoxy) is 1. The van der Waals surface area contributed by atoms with Gasteiger partial charge >= 0.3 is 0 Å². The van der Waals surface area contributed by atoms with Crippen LogP contribution in [0.15, 0.2) is 104 Å². The third-order valence-corrected chi connectivity index (χ3v) is 5.51. The topological polar surface area (TPSA) is 152 Å². The molecule has 1 heterocycles. The van der Waals surface area contributed by atoms with E-state index >= 15 is 0 Å². The second-order valence-electron chi connectivity index (χ2n) is 6.78. The van der Waals surface area contributed by atoms with Crippen molar-refractivity contribution >= 4 is 38.0 Å². The van der Waals surface area contributed by atoms with Gasteiger partial charge in [0.2, 0.25) is 0 Å². The highest BCUT2D eigenvalue weighted by Gasteiger charge is 2.19.